The Balaban J connectivity index is 2.14. The van der Waals surface area contributed by atoms with Crippen LogP contribution in [0.4, 0.5) is 0 Å². The molecule has 2 aromatic rings. The van der Waals surface area contributed by atoms with Gasteiger partial charge in [0, 0.05) is 23.6 Å². The molecular weight excluding hydrogens is 264 g/mol. The van der Waals surface area contributed by atoms with Crippen molar-refractivity contribution in [3.63, 3.8) is 0 Å². The van der Waals surface area contributed by atoms with E-state index in [0.717, 1.165) is 49.1 Å². The molecule has 4 heteroatoms. The molecule has 0 aliphatic heterocycles. The monoisotopic (exact) mass is 288 g/mol. The summed E-state index contributed by atoms with van der Waals surface area (Å²) in [6.45, 7) is 8.52. The fourth-order valence-electron chi connectivity index (χ4n) is 2.82. The molecule has 0 atom stereocenters. The van der Waals surface area contributed by atoms with Crippen LogP contribution in [0.15, 0.2) is 30.5 Å². The highest BCUT2D eigenvalue weighted by molar-refractivity contribution is 5.87. The Labute approximate surface area is 126 Å². The molecule has 0 bridgehead atoms. The smallest absolute Gasteiger partial charge is 0.307 e. The molecule has 2 rings (SSSR count). The predicted molar refractivity (Wildman–Crippen MR) is 85.7 cm³/mol. The number of hydrogen-bond donors (Lipinski definition) is 1. The lowest BCUT2D eigenvalue weighted by Crippen LogP contribution is -2.24. The number of carbonyl (C=O) groups is 1. The van der Waals surface area contributed by atoms with Gasteiger partial charge < -0.3 is 14.6 Å². The normalized spacial score (nSPS) is 11.4. The van der Waals surface area contributed by atoms with Crippen molar-refractivity contribution in [1.82, 2.24) is 9.47 Å². The van der Waals surface area contributed by atoms with E-state index in [1.807, 2.05) is 24.4 Å². The standard InChI is InChI=1S/C17H24N2O2/c1-3-18(4-2)10-7-11-19-13-14(12-17(20)21)15-8-5-6-9-16(15)19/h5-6,8-9,13H,3-4,7,10-12H2,1-2H3,(H,20,21). The van der Waals surface area contributed by atoms with Crippen molar-refractivity contribution in [3.05, 3.63) is 36.0 Å². The van der Waals surface area contributed by atoms with E-state index in [1.54, 1.807) is 0 Å². The Morgan fingerprint density at radius 3 is 2.62 bits per heavy atom. The Morgan fingerprint density at radius 1 is 1.24 bits per heavy atom. The molecule has 1 aromatic heterocycles. The second-order valence-electron chi connectivity index (χ2n) is 5.32. The zero-order valence-electron chi connectivity index (χ0n) is 12.9. The number of fused-ring (bicyclic) bond motifs is 1. The van der Waals surface area contributed by atoms with E-state index in [9.17, 15) is 4.79 Å². The Kier molecular flexibility index (Phi) is 5.39. The number of aliphatic carboxylic acids is 1. The largest absolute Gasteiger partial charge is 0.481 e. The van der Waals surface area contributed by atoms with Crippen LogP contribution in [0, 0.1) is 0 Å². The van der Waals surface area contributed by atoms with E-state index < -0.39 is 5.97 Å². The number of rotatable bonds is 8. The van der Waals surface area contributed by atoms with Gasteiger partial charge in [0.25, 0.3) is 0 Å². The third kappa shape index (κ3) is 3.85. The first-order valence-corrected chi connectivity index (χ1v) is 7.66. The Bertz CT molecular complexity index is 600. The summed E-state index contributed by atoms with van der Waals surface area (Å²) in [5, 5.41) is 10.1. The summed E-state index contributed by atoms with van der Waals surface area (Å²) in [7, 11) is 0. The molecule has 0 radical (unpaired) electrons. The molecular formula is C17H24N2O2. The number of hydrogen-bond acceptors (Lipinski definition) is 2. The van der Waals surface area contributed by atoms with Gasteiger partial charge in [-0.3, -0.25) is 4.79 Å². The quantitative estimate of drug-likeness (QED) is 0.812. The zero-order valence-corrected chi connectivity index (χ0v) is 12.9. The molecule has 1 aromatic carbocycles. The van der Waals surface area contributed by atoms with Crippen molar-refractivity contribution >= 4 is 16.9 Å². The van der Waals surface area contributed by atoms with E-state index in [4.69, 9.17) is 5.11 Å². The number of benzene rings is 1. The minimum absolute atomic E-state index is 0.0869. The fourth-order valence-corrected chi connectivity index (χ4v) is 2.82. The summed E-state index contributed by atoms with van der Waals surface area (Å²) in [6.07, 6.45) is 3.16. The average Bonchev–Trinajstić information content (AvgIpc) is 2.81. The van der Waals surface area contributed by atoms with Crippen molar-refractivity contribution in [3.8, 4) is 0 Å². The average molecular weight is 288 g/mol. The summed E-state index contributed by atoms with van der Waals surface area (Å²) in [4.78, 5) is 13.4. The summed E-state index contributed by atoms with van der Waals surface area (Å²) in [5.41, 5.74) is 2.04. The van der Waals surface area contributed by atoms with Crippen LogP contribution < -0.4 is 0 Å². The van der Waals surface area contributed by atoms with E-state index in [-0.39, 0.29) is 6.42 Å². The number of nitrogens with zero attached hydrogens (tertiary/aromatic N) is 2. The third-order valence-corrected chi connectivity index (χ3v) is 3.98. The second-order valence-corrected chi connectivity index (χ2v) is 5.32. The molecule has 21 heavy (non-hydrogen) atoms. The van der Waals surface area contributed by atoms with E-state index in [1.165, 1.54) is 0 Å². The fraction of sp³-hybridized carbons (Fsp3) is 0.471. The van der Waals surface area contributed by atoms with Crippen molar-refractivity contribution < 1.29 is 9.90 Å². The van der Waals surface area contributed by atoms with Crippen LogP contribution in [0.1, 0.15) is 25.8 Å². The van der Waals surface area contributed by atoms with E-state index >= 15 is 0 Å². The van der Waals surface area contributed by atoms with Gasteiger partial charge in [0.1, 0.15) is 0 Å². The molecule has 0 aliphatic carbocycles. The molecule has 0 saturated heterocycles. The van der Waals surface area contributed by atoms with Gasteiger partial charge in [0.05, 0.1) is 6.42 Å². The van der Waals surface area contributed by atoms with Gasteiger partial charge in [-0.15, -0.1) is 0 Å². The molecule has 0 fully saturated rings. The SMILES string of the molecule is CCN(CC)CCCn1cc(CC(=O)O)c2ccccc21. The minimum Gasteiger partial charge on any atom is -0.481 e. The highest BCUT2D eigenvalue weighted by Gasteiger charge is 2.11. The molecule has 0 saturated carbocycles. The predicted octanol–water partition coefficient (Wildman–Crippen LogP) is 3.00. The second kappa shape index (κ2) is 7.27. The first-order valence-electron chi connectivity index (χ1n) is 7.66. The Hall–Kier alpha value is -1.81. The first-order chi connectivity index (χ1) is 10.2. The highest BCUT2D eigenvalue weighted by Crippen LogP contribution is 2.22. The van der Waals surface area contributed by atoms with Gasteiger partial charge in [-0.1, -0.05) is 32.0 Å². The molecule has 0 spiro atoms. The molecule has 4 nitrogen and oxygen atoms in total. The number of carboxylic acid groups (broad SMARTS) is 1. The highest BCUT2D eigenvalue weighted by atomic mass is 16.4. The topological polar surface area (TPSA) is 45.5 Å². The number of para-hydroxylation sites is 1. The molecule has 114 valence electrons. The van der Waals surface area contributed by atoms with Gasteiger partial charge in [-0.25, -0.2) is 0 Å². The first kappa shape index (κ1) is 15.6. The maximum Gasteiger partial charge on any atom is 0.307 e. The Morgan fingerprint density at radius 2 is 1.95 bits per heavy atom. The maximum atomic E-state index is 11.0. The number of carboxylic acids is 1. The van der Waals surface area contributed by atoms with Gasteiger partial charge >= 0.3 is 5.97 Å². The lowest BCUT2D eigenvalue weighted by molar-refractivity contribution is -0.136. The van der Waals surface area contributed by atoms with Crippen molar-refractivity contribution in [2.75, 3.05) is 19.6 Å². The van der Waals surface area contributed by atoms with Crippen LogP contribution in [0.5, 0.6) is 0 Å². The van der Waals surface area contributed by atoms with Crippen molar-refractivity contribution in [1.29, 1.82) is 0 Å². The van der Waals surface area contributed by atoms with Gasteiger partial charge in [0.2, 0.25) is 0 Å². The van der Waals surface area contributed by atoms with Crippen LogP contribution in [0.25, 0.3) is 10.9 Å². The van der Waals surface area contributed by atoms with Crippen molar-refractivity contribution in [2.24, 2.45) is 0 Å². The van der Waals surface area contributed by atoms with Crippen LogP contribution in [0.2, 0.25) is 0 Å². The summed E-state index contributed by atoms with van der Waals surface area (Å²) < 4.78 is 2.19. The lowest BCUT2D eigenvalue weighted by Gasteiger charge is -2.17. The maximum absolute atomic E-state index is 11.0. The van der Waals surface area contributed by atoms with Crippen molar-refractivity contribution in [2.45, 2.75) is 33.2 Å². The lowest BCUT2D eigenvalue weighted by atomic mass is 10.1. The molecule has 1 N–H and O–H groups in total. The van der Waals surface area contributed by atoms with Crippen LogP contribution in [-0.2, 0) is 17.8 Å². The van der Waals surface area contributed by atoms with E-state index in [0.29, 0.717) is 0 Å². The number of aryl methyl sites for hydroxylation is 1. The molecule has 0 amide bonds. The summed E-state index contributed by atoms with van der Waals surface area (Å²) in [5.74, 6) is -0.777. The minimum atomic E-state index is -0.777. The number of aromatic nitrogens is 1. The van der Waals surface area contributed by atoms with Crippen LogP contribution in [0.3, 0.4) is 0 Å². The molecule has 0 aliphatic rings. The van der Waals surface area contributed by atoms with Gasteiger partial charge in [-0.2, -0.15) is 0 Å². The van der Waals surface area contributed by atoms with Crippen LogP contribution in [-0.4, -0.2) is 40.2 Å². The van der Waals surface area contributed by atoms with E-state index in [2.05, 4.69) is 29.4 Å². The van der Waals surface area contributed by atoms with Gasteiger partial charge in [-0.05, 0) is 37.7 Å². The van der Waals surface area contributed by atoms with Gasteiger partial charge in [0.15, 0.2) is 0 Å². The zero-order chi connectivity index (χ0) is 15.2. The van der Waals surface area contributed by atoms with Crippen LogP contribution >= 0.6 is 0 Å². The summed E-state index contributed by atoms with van der Waals surface area (Å²) in [6, 6.07) is 8.05. The third-order valence-electron chi connectivity index (χ3n) is 3.98. The molecule has 1 heterocycles. The molecule has 0 unspecified atom stereocenters. The summed E-state index contributed by atoms with van der Waals surface area (Å²) >= 11 is 0.